The quantitative estimate of drug-likeness (QED) is 0.665. The van der Waals surface area contributed by atoms with Crippen LogP contribution < -0.4 is 16.0 Å². The van der Waals surface area contributed by atoms with Crippen molar-refractivity contribution in [1.82, 2.24) is 4.98 Å². The summed E-state index contributed by atoms with van der Waals surface area (Å²) in [5, 5.41) is 0.678. The summed E-state index contributed by atoms with van der Waals surface area (Å²) in [5.41, 5.74) is 4.63. The molecule has 4 nitrogen and oxygen atoms in total. The number of para-hydroxylation sites is 1. The molecule has 1 aromatic carbocycles. The molecule has 0 amide bonds. The van der Waals surface area contributed by atoms with E-state index in [-0.39, 0.29) is 5.75 Å². The molecule has 1 aliphatic rings. The first-order valence-electron chi connectivity index (χ1n) is 7.04. The number of anilines is 1. The minimum atomic E-state index is -2.87. The van der Waals surface area contributed by atoms with E-state index < -0.39 is 6.61 Å². The minimum absolute atomic E-state index is 0.0823. The summed E-state index contributed by atoms with van der Waals surface area (Å²) in [6.45, 7) is -2.87. The summed E-state index contributed by atoms with van der Waals surface area (Å²) in [6.07, 6.45) is 4.48. The van der Waals surface area contributed by atoms with E-state index >= 15 is 0 Å². The third kappa shape index (κ3) is 2.76. The molecule has 0 bridgehead atoms. The van der Waals surface area contributed by atoms with E-state index in [0.717, 1.165) is 18.5 Å². The Morgan fingerprint density at radius 1 is 1.29 bits per heavy atom. The number of nitrogens with two attached hydrogens (primary N) is 1. The summed E-state index contributed by atoms with van der Waals surface area (Å²) < 4.78 is 29.7. The molecule has 1 aliphatic carbocycles. The smallest absolute Gasteiger partial charge is 0.387 e. The van der Waals surface area contributed by atoms with E-state index in [9.17, 15) is 8.78 Å². The Hall–Kier alpha value is -1.95. The number of nitrogens with one attached hydrogen (secondary N) is 1. The lowest BCUT2D eigenvalue weighted by Gasteiger charge is -2.15. The summed E-state index contributed by atoms with van der Waals surface area (Å²) in [7, 11) is 0. The van der Waals surface area contributed by atoms with Gasteiger partial charge in [0, 0.05) is 17.0 Å². The van der Waals surface area contributed by atoms with Gasteiger partial charge in [0.1, 0.15) is 5.52 Å². The first kappa shape index (κ1) is 14.0. The molecule has 0 atom stereocenters. The Morgan fingerprint density at radius 3 is 2.71 bits per heavy atom. The number of hydrogen-bond acceptors (Lipinski definition) is 4. The number of rotatable bonds is 4. The van der Waals surface area contributed by atoms with Crippen molar-refractivity contribution in [2.24, 2.45) is 5.84 Å². The van der Waals surface area contributed by atoms with E-state index in [4.69, 9.17) is 5.84 Å². The Labute approximate surface area is 121 Å². The molecule has 1 saturated carbocycles. The van der Waals surface area contributed by atoms with Crippen LogP contribution in [0.1, 0.15) is 37.3 Å². The average molecular weight is 293 g/mol. The fourth-order valence-electron chi connectivity index (χ4n) is 2.98. The maximum Gasteiger partial charge on any atom is 0.387 e. The number of hydrogen-bond donors (Lipinski definition) is 2. The minimum Gasteiger partial charge on any atom is -0.432 e. The molecule has 1 aromatic heterocycles. The highest BCUT2D eigenvalue weighted by Crippen LogP contribution is 2.37. The van der Waals surface area contributed by atoms with E-state index in [2.05, 4.69) is 15.1 Å². The molecule has 0 aliphatic heterocycles. The zero-order valence-electron chi connectivity index (χ0n) is 11.5. The zero-order valence-corrected chi connectivity index (χ0v) is 11.5. The van der Waals surface area contributed by atoms with Crippen LogP contribution in [0.5, 0.6) is 5.75 Å². The van der Waals surface area contributed by atoms with Gasteiger partial charge in [-0.05, 0) is 25.0 Å². The van der Waals surface area contributed by atoms with E-state index in [1.165, 1.54) is 18.9 Å². The van der Waals surface area contributed by atoms with Crippen molar-refractivity contribution >= 4 is 16.6 Å². The molecule has 0 unspecified atom stereocenters. The first-order valence-corrected chi connectivity index (χ1v) is 7.04. The van der Waals surface area contributed by atoms with Crippen molar-refractivity contribution in [3.8, 4) is 5.75 Å². The summed E-state index contributed by atoms with van der Waals surface area (Å²) in [6, 6.07) is 6.84. The Balaban J connectivity index is 2.14. The van der Waals surface area contributed by atoms with Gasteiger partial charge in [0.25, 0.3) is 0 Å². The molecule has 6 heteroatoms. The third-order valence-electron chi connectivity index (χ3n) is 3.97. The lowest BCUT2D eigenvalue weighted by atomic mass is 10.0. The van der Waals surface area contributed by atoms with Gasteiger partial charge >= 0.3 is 6.61 Å². The van der Waals surface area contributed by atoms with Crippen LogP contribution in [0, 0.1) is 0 Å². The Bertz CT molecular complexity index is 642. The summed E-state index contributed by atoms with van der Waals surface area (Å²) in [5.74, 6) is 6.01. The highest BCUT2D eigenvalue weighted by Gasteiger charge is 2.21. The van der Waals surface area contributed by atoms with Gasteiger partial charge in [-0.3, -0.25) is 5.84 Å². The van der Waals surface area contributed by atoms with Crippen LogP contribution in [0.4, 0.5) is 14.5 Å². The molecule has 0 saturated heterocycles. The lowest BCUT2D eigenvalue weighted by molar-refractivity contribution is -0.0489. The van der Waals surface area contributed by atoms with Gasteiger partial charge in [0.15, 0.2) is 5.75 Å². The number of alkyl halides is 2. The molecular formula is C15H17F2N3O. The molecule has 21 heavy (non-hydrogen) atoms. The van der Waals surface area contributed by atoms with Gasteiger partial charge in [-0.25, -0.2) is 4.98 Å². The number of fused-ring (bicyclic) bond motifs is 1. The molecule has 3 N–H and O–H groups in total. The largest absolute Gasteiger partial charge is 0.432 e. The fraction of sp³-hybridized carbons (Fsp3) is 0.400. The van der Waals surface area contributed by atoms with Crippen LogP contribution in [-0.4, -0.2) is 11.6 Å². The molecule has 2 aromatic rings. The SMILES string of the molecule is NNc1cc(C2CCCC2)nc2c(OC(F)F)cccc12. The zero-order chi connectivity index (χ0) is 14.8. The lowest BCUT2D eigenvalue weighted by Crippen LogP contribution is -2.10. The third-order valence-corrected chi connectivity index (χ3v) is 3.97. The van der Waals surface area contributed by atoms with Crippen molar-refractivity contribution in [1.29, 1.82) is 0 Å². The summed E-state index contributed by atoms with van der Waals surface area (Å²) in [4.78, 5) is 4.56. The van der Waals surface area contributed by atoms with Crippen molar-refractivity contribution < 1.29 is 13.5 Å². The number of nitrogen functional groups attached to an aromatic ring is 1. The molecule has 0 radical (unpaired) electrons. The predicted octanol–water partition coefficient (Wildman–Crippen LogP) is 3.78. The molecule has 0 spiro atoms. The Kier molecular flexibility index (Phi) is 3.88. The maximum atomic E-state index is 12.5. The molecule has 3 rings (SSSR count). The topological polar surface area (TPSA) is 60.2 Å². The van der Waals surface area contributed by atoms with Crippen molar-refractivity contribution in [3.63, 3.8) is 0 Å². The molecule has 112 valence electrons. The number of pyridine rings is 1. The van der Waals surface area contributed by atoms with Crippen LogP contribution in [-0.2, 0) is 0 Å². The maximum absolute atomic E-state index is 12.5. The van der Waals surface area contributed by atoms with Crippen molar-refractivity contribution in [3.05, 3.63) is 30.0 Å². The second-order valence-electron chi connectivity index (χ2n) is 5.25. The summed E-state index contributed by atoms with van der Waals surface area (Å²) >= 11 is 0. The van der Waals surface area contributed by atoms with E-state index in [0.29, 0.717) is 22.5 Å². The van der Waals surface area contributed by atoms with Gasteiger partial charge in [-0.1, -0.05) is 25.0 Å². The van der Waals surface area contributed by atoms with Crippen molar-refractivity contribution in [2.45, 2.75) is 38.2 Å². The number of nitrogens with zero attached hydrogens (tertiary/aromatic N) is 1. The number of hydrazine groups is 1. The van der Waals surface area contributed by atoms with Crippen LogP contribution in [0.25, 0.3) is 10.9 Å². The highest BCUT2D eigenvalue weighted by molar-refractivity contribution is 5.95. The monoisotopic (exact) mass is 293 g/mol. The van der Waals surface area contributed by atoms with Gasteiger partial charge in [0.05, 0.1) is 5.69 Å². The standard InChI is InChI=1S/C15H17F2N3O/c16-15(17)21-13-7-3-6-10-12(20-18)8-11(19-14(10)13)9-4-1-2-5-9/h3,6-9,15H,1-2,4-5,18H2,(H,19,20). The number of benzene rings is 1. The predicted molar refractivity (Wildman–Crippen MR) is 77.4 cm³/mol. The number of ether oxygens (including phenoxy) is 1. The molecular weight excluding hydrogens is 276 g/mol. The Morgan fingerprint density at radius 2 is 2.05 bits per heavy atom. The van der Waals surface area contributed by atoms with Gasteiger partial charge in [-0.2, -0.15) is 8.78 Å². The fourth-order valence-corrected chi connectivity index (χ4v) is 2.98. The molecule has 1 heterocycles. The molecule has 1 fully saturated rings. The van der Waals surface area contributed by atoms with E-state index in [1.54, 1.807) is 12.1 Å². The van der Waals surface area contributed by atoms with Gasteiger partial charge in [0.2, 0.25) is 0 Å². The average Bonchev–Trinajstić information content (AvgIpc) is 3.00. The van der Waals surface area contributed by atoms with Gasteiger partial charge < -0.3 is 10.2 Å². The van der Waals surface area contributed by atoms with Crippen LogP contribution in [0.2, 0.25) is 0 Å². The number of aromatic nitrogens is 1. The first-order chi connectivity index (χ1) is 10.2. The van der Waals surface area contributed by atoms with Gasteiger partial charge in [-0.15, -0.1) is 0 Å². The highest BCUT2D eigenvalue weighted by atomic mass is 19.3. The van der Waals surface area contributed by atoms with Crippen LogP contribution in [0.3, 0.4) is 0 Å². The van der Waals surface area contributed by atoms with Crippen LogP contribution in [0.15, 0.2) is 24.3 Å². The van der Waals surface area contributed by atoms with Crippen LogP contribution >= 0.6 is 0 Å². The number of halogens is 2. The van der Waals surface area contributed by atoms with E-state index in [1.807, 2.05) is 6.07 Å². The normalized spacial score (nSPS) is 15.8. The second-order valence-corrected chi connectivity index (χ2v) is 5.25. The van der Waals surface area contributed by atoms with Crippen molar-refractivity contribution in [2.75, 3.05) is 5.43 Å². The second kappa shape index (κ2) is 5.81.